The molecule has 1 unspecified atom stereocenters. The second-order valence-electron chi connectivity index (χ2n) is 6.41. The first-order valence-electron chi connectivity index (χ1n) is 7.67. The predicted octanol–water partition coefficient (Wildman–Crippen LogP) is 2.89. The van der Waals surface area contributed by atoms with Crippen molar-refractivity contribution in [3.05, 3.63) is 0 Å². The van der Waals surface area contributed by atoms with Gasteiger partial charge in [0.2, 0.25) is 0 Å². The maximum atomic E-state index is 3.84. The molecular weight excluding hydrogens is 208 g/mol. The lowest BCUT2D eigenvalue weighted by molar-refractivity contribution is 0.140. The topological polar surface area (TPSA) is 15.3 Å². The summed E-state index contributed by atoms with van der Waals surface area (Å²) in [5, 5.41) is 3.84. The van der Waals surface area contributed by atoms with Gasteiger partial charge in [-0.1, -0.05) is 13.8 Å². The van der Waals surface area contributed by atoms with Crippen LogP contribution in [0.2, 0.25) is 0 Å². The molecule has 0 aromatic rings. The van der Waals surface area contributed by atoms with Crippen LogP contribution in [0.5, 0.6) is 0 Å². The van der Waals surface area contributed by atoms with Crippen LogP contribution >= 0.6 is 0 Å². The normalized spacial score (nSPS) is 33.4. The van der Waals surface area contributed by atoms with Crippen molar-refractivity contribution in [3.8, 4) is 0 Å². The van der Waals surface area contributed by atoms with Crippen molar-refractivity contribution in [3.63, 3.8) is 0 Å². The number of piperidine rings is 1. The minimum atomic E-state index is 0.733. The molecule has 1 atom stereocenters. The van der Waals surface area contributed by atoms with Crippen LogP contribution in [0.4, 0.5) is 0 Å². The molecule has 0 radical (unpaired) electrons. The Kier molecular flexibility index (Phi) is 4.87. The van der Waals surface area contributed by atoms with Gasteiger partial charge in [0.25, 0.3) is 0 Å². The fraction of sp³-hybridized carbons (Fsp3) is 1.00. The Hall–Kier alpha value is -0.0800. The van der Waals surface area contributed by atoms with Crippen LogP contribution in [0.15, 0.2) is 0 Å². The van der Waals surface area contributed by atoms with E-state index < -0.39 is 0 Å². The minimum Gasteiger partial charge on any atom is -0.311 e. The number of likely N-dealkylation sites (tertiary alicyclic amines) is 1. The van der Waals surface area contributed by atoms with E-state index in [2.05, 4.69) is 31.0 Å². The highest BCUT2D eigenvalue weighted by molar-refractivity contribution is 4.87. The number of hydrogen-bond donors (Lipinski definition) is 1. The van der Waals surface area contributed by atoms with Gasteiger partial charge in [0, 0.05) is 12.1 Å². The number of nitrogens with zero attached hydrogens (tertiary/aromatic N) is 1. The molecule has 0 amide bonds. The summed E-state index contributed by atoms with van der Waals surface area (Å²) in [7, 11) is 0. The zero-order valence-electron chi connectivity index (χ0n) is 11.9. The van der Waals surface area contributed by atoms with Crippen LogP contribution in [-0.4, -0.2) is 36.6 Å². The molecule has 0 spiro atoms. The van der Waals surface area contributed by atoms with Crippen LogP contribution in [-0.2, 0) is 0 Å². The molecule has 1 N–H and O–H groups in total. The van der Waals surface area contributed by atoms with Gasteiger partial charge in [-0.3, -0.25) is 0 Å². The van der Waals surface area contributed by atoms with Crippen molar-refractivity contribution in [1.82, 2.24) is 10.2 Å². The van der Waals surface area contributed by atoms with E-state index in [4.69, 9.17) is 0 Å². The van der Waals surface area contributed by atoms with Gasteiger partial charge in [-0.05, 0) is 70.5 Å². The van der Waals surface area contributed by atoms with Gasteiger partial charge < -0.3 is 10.2 Å². The maximum absolute atomic E-state index is 3.84. The van der Waals surface area contributed by atoms with Gasteiger partial charge in [0.1, 0.15) is 0 Å². The smallest absolute Gasteiger partial charge is 0.00747 e. The Morgan fingerprint density at radius 1 is 1.24 bits per heavy atom. The molecule has 0 aromatic heterocycles. The molecule has 1 saturated heterocycles. The quantitative estimate of drug-likeness (QED) is 0.792. The molecule has 2 heteroatoms. The van der Waals surface area contributed by atoms with E-state index in [-0.39, 0.29) is 0 Å². The fourth-order valence-electron chi connectivity index (χ4n) is 3.54. The standard InChI is InChI=1S/C15H30N2/c1-4-7-17-8-5-14(6-9-17)13(3)16-15-10-12(2)11-15/h12-16H,4-11H2,1-3H3. The largest absolute Gasteiger partial charge is 0.311 e. The molecule has 0 aromatic carbocycles. The highest BCUT2D eigenvalue weighted by atomic mass is 15.1. The van der Waals surface area contributed by atoms with Crippen LogP contribution in [0, 0.1) is 11.8 Å². The van der Waals surface area contributed by atoms with Crippen molar-refractivity contribution in [2.45, 2.75) is 65.0 Å². The summed E-state index contributed by atoms with van der Waals surface area (Å²) < 4.78 is 0. The van der Waals surface area contributed by atoms with Crippen molar-refractivity contribution < 1.29 is 0 Å². The zero-order chi connectivity index (χ0) is 12.3. The SMILES string of the molecule is CCCN1CCC(C(C)NC2CC(C)C2)CC1. The molecule has 1 aliphatic heterocycles. The third kappa shape index (κ3) is 3.69. The van der Waals surface area contributed by atoms with Gasteiger partial charge in [-0.25, -0.2) is 0 Å². The summed E-state index contributed by atoms with van der Waals surface area (Å²) in [4.78, 5) is 2.63. The molecule has 1 saturated carbocycles. The van der Waals surface area contributed by atoms with E-state index in [1.807, 2.05) is 0 Å². The van der Waals surface area contributed by atoms with Crippen LogP contribution < -0.4 is 5.32 Å². The highest BCUT2D eigenvalue weighted by Crippen LogP contribution is 2.28. The summed E-state index contributed by atoms with van der Waals surface area (Å²) in [5.74, 6) is 1.88. The van der Waals surface area contributed by atoms with Gasteiger partial charge in [-0.2, -0.15) is 0 Å². The second kappa shape index (κ2) is 6.19. The molecule has 17 heavy (non-hydrogen) atoms. The van der Waals surface area contributed by atoms with Gasteiger partial charge >= 0.3 is 0 Å². The van der Waals surface area contributed by atoms with Crippen LogP contribution in [0.1, 0.15) is 52.9 Å². The average molecular weight is 238 g/mol. The number of rotatable bonds is 5. The summed E-state index contributed by atoms with van der Waals surface area (Å²) in [5.41, 5.74) is 0. The molecule has 1 aliphatic carbocycles. The first-order valence-corrected chi connectivity index (χ1v) is 7.67. The summed E-state index contributed by atoms with van der Waals surface area (Å²) in [6, 6.07) is 1.56. The molecule has 2 aliphatic rings. The minimum absolute atomic E-state index is 0.733. The fourth-order valence-corrected chi connectivity index (χ4v) is 3.54. The van der Waals surface area contributed by atoms with Crippen molar-refractivity contribution in [2.75, 3.05) is 19.6 Å². The maximum Gasteiger partial charge on any atom is 0.00747 e. The third-order valence-corrected chi connectivity index (χ3v) is 4.75. The Bertz CT molecular complexity index is 215. The molecule has 100 valence electrons. The van der Waals surface area contributed by atoms with E-state index in [1.54, 1.807) is 0 Å². The third-order valence-electron chi connectivity index (χ3n) is 4.75. The lowest BCUT2D eigenvalue weighted by Gasteiger charge is -2.40. The van der Waals surface area contributed by atoms with E-state index in [1.165, 1.54) is 51.7 Å². The molecule has 2 rings (SSSR count). The lowest BCUT2D eigenvalue weighted by atomic mass is 9.80. The average Bonchev–Trinajstić information content (AvgIpc) is 2.28. The monoisotopic (exact) mass is 238 g/mol. The Morgan fingerprint density at radius 2 is 1.88 bits per heavy atom. The number of nitrogens with one attached hydrogen (secondary N) is 1. The van der Waals surface area contributed by atoms with Gasteiger partial charge in [0.05, 0.1) is 0 Å². The number of hydrogen-bond acceptors (Lipinski definition) is 2. The Balaban J connectivity index is 1.65. The zero-order valence-corrected chi connectivity index (χ0v) is 11.9. The Labute approximate surface area is 107 Å². The first-order chi connectivity index (χ1) is 8.19. The lowest BCUT2D eigenvalue weighted by Crippen LogP contribution is -2.49. The summed E-state index contributed by atoms with van der Waals surface area (Å²) in [6.45, 7) is 11.0. The van der Waals surface area contributed by atoms with Gasteiger partial charge in [-0.15, -0.1) is 0 Å². The first kappa shape index (κ1) is 13.4. The summed E-state index contributed by atoms with van der Waals surface area (Å²) >= 11 is 0. The van der Waals surface area contributed by atoms with E-state index in [9.17, 15) is 0 Å². The second-order valence-corrected chi connectivity index (χ2v) is 6.41. The molecule has 2 nitrogen and oxygen atoms in total. The molecular formula is C15H30N2. The van der Waals surface area contributed by atoms with E-state index >= 15 is 0 Å². The van der Waals surface area contributed by atoms with Crippen LogP contribution in [0.3, 0.4) is 0 Å². The van der Waals surface area contributed by atoms with Crippen LogP contribution in [0.25, 0.3) is 0 Å². The predicted molar refractivity (Wildman–Crippen MR) is 74.2 cm³/mol. The van der Waals surface area contributed by atoms with E-state index in [0.717, 1.165) is 23.9 Å². The van der Waals surface area contributed by atoms with Gasteiger partial charge in [0.15, 0.2) is 0 Å². The molecule has 2 fully saturated rings. The van der Waals surface area contributed by atoms with Crippen molar-refractivity contribution >= 4 is 0 Å². The highest BCUT2D eigenvalue weighted by Gasteiger charge is 2.29. The molecule has 0 bridgehead atoms. The molecule has 1 heterocycles. The van der Waals surface area contributed by atoms with Crippen molar-refractivity contribution in [1.29, 1.82) is 0 Å². The van der Waals surface area contributed by atoms with E-state index in [0.29, 0.717) is 0 Å². The summed E-state index contributed by atoms with van der Waals surface area (Å²) in [6.07, 6.45) is 6.91. The van der Waals surface area contributed by atoms with Crippen molar-refractivity contribution in [2.24, 2.45) is 11.8 Å². The Morgan fingerprint density at radius 3 is 2.41 bits per heavy atom.